The van der Waals surface area contributed by atoms with Crippen LogP contribution < -0.4 is 0 Å². The van der Waals surface area contributed by atoms with E-state index >= 15 is 0 Å². The first kappa shape index (κ1) is 18.9. The molecule has 0 saturated heterocycles. The van der Waals surface area contributed by atoms with Crippen LogP contribution in [0.1, 0.15) is 20.8 Å². The number of hydrogen-bond acceptors (Lipinski definition) is 2. The summed E-state index contributed by atoms with van der Waals surface area (Å²) < 4.78 is 7.67. The summed E-state index contributed by atoms with van der Waals surface area (Å²) in [6.45, 7) is 22.2. The third kappa shape index (κ3) is 9.77. The fourth-order valence-electron chi connectivity index (χ4n) is 1.95. The summed E-state index contributed by atoms with van der Waals surface area (Å²) in [6.07, 6.45) is 0.446. The molecule has 0 aliphatic rings. The average molecular weight is 280 g/mol. The largest absolute Gasteiger partial charge is 0.426 e. The van der Waals surface area contributed by atoms with Gasteiger partial charge in [-0.15, -0.1) is 0 Å². The molecule has 0 unspecified atom stereocenters. The van der Waals surface area contributed by atoms with E-state index in [0.717, 1.165) is 10.5 Å². The van der Waals surface area contributed by atoms with Crippen molar-refractivity contribution in [2.24, 2.45) is 0 Å². The van der Waals surface area contributed by atoms with E-state index in [1.165, 1.54) is 6.54 Å². The monoisotopic (exact) mass is 279 g/mol. The van der Waals surface area contributed by atoms with Crippen LogP contribution in [0.2, 0.25) is 39.3 Å². The molecule has 0 rings (SSSR count). The Labute approximate surface area is 108 Å². The minimum atomic E-state index is -1.03. The Balaban J connectivity index is 0. The van der Waals surface area contributed by atoms with E-state index in [0.29, 0.717) is 6.10 Å². The molecule has 0 bridgehead atoms. The van der Waals surface area contributed by atoms with Crippen molar-refractivity contribution in [1.82, 2.24) is 4.23 Å². The highest BCUT2D eigenvalue weighted by atomic mass is 28.4. The Morgan fingerprint density at radius 2 is 1.25 bits per heavy atom. The van der Waals surface area contributed by atoms with Crippen LogP contribution in [0.5, 0.6) is 0 Å². The zero-order chi connectivity index (χ0) is 13.6. The van der Waals surface area contributed by atoms with Gasteiger partial charge in [-0.3, -0.25) is 0 Å². The maximum absolute atomic E-state index is 4.89. The van der Waals surface area contributed by atoms with Gasteiger partial charge in [0.1, 0.15) is 27.0 Å². The molecular formula is C11H33NOSi3. The summed E-state index contributed by atoms with van der Waals surface area (Å²) in [5, 5.41) is 0. The molecule has 0 heterocycles. The third-order valence-corrected chi connectivity index (χ3v) is 11.2. The predicted molar refractivity (Wildman–Crippen MR) is 85.2 cm³/mol. The fourth-order valence-corrected chi connectivity index (χ4v) is 11.9. The van der Waals surface area contributed by atoms with Crippen molar-refractivity contribution in [2.45, 2.75) is 66.2 Å². The zero-order valence-corrected chi connectivity index (χ0v) is 17.1. The number of nitrogens with zero attached hydrogens (tertiary/aromatic N) is 1. The molecule has 0 radical (unpaired) electrons. The highest BCUT2D eigenvalue weighted by Crippen LogP contribution is 2.18. The van der Waals surface area contributed by atoms with Crippen molar-refractivity contribution < 1.29 is 4.43 Å². The summed E-state index contributed by atoms with van der Waals surface area (Å²) in [6, 6.07) is 0. The van der Waals surface area contributed by atoms with Gasteiger partial charge in [0.05, 0.1) is 0 Å². The van der Waals surface area contributed by atoms with Gasteiger partial charge in [0.25, 0.3) is 0 Å². The Bertz CT molecular complexity index is 159. The van der Waals surface area contributed by atoms with Gasteiger partial charge in [-0.25, -0.2) is 0 Å². The van der Waals surface area contributed by atoms with Crippen molar-refractivity contribution in [3.63, 3.8) is 0 Å². The van der Waals surface area contributed by atoms with Gasteiger partial charge in [-0.05, 0) is 20.4 Å². The van der Waals surface area contributed by atoms with Gasteiger partial charge in [-0.1, -0.05) is 46.2 Å². The van der Waals surface area contributed by atoms with Crippen LogP contribution in [0.3, 0.4) is 0 Å². The molecule has 0 spiro atoms. The van der Waals surface area contributed by atoms with Gasteiger partial charge >= 0.3 is 0 Å². The van der Waals surface area contributed by atoms with E-state index in [-0.39, 0.29) is 0 Å². The average Bonchev–Trinajstić information content (AvgIpc) is 2.00. The van der Waals surface area contributed by atoms with Crippen molar-refractivity contribution in [3.05, 3.63) is 0 Å². The highest BCUT2D eigenvalue weighted by Gasteiger charge is 2.32. The Kier molecular flexibility index (Phi) is 9.24. The SMILES string of the molecule is CC(C)O[SiH3].CCN([Si](C)(C)C)[Si](C)(C)C. The van der Waals surface area contributed by atoms with Crippen molar-refractivity contribution in [1.29, 1.82) is 0 Å². The lowest BCUT2D eigenvalue weighted by Crippen LogP contribution is -2.58. The normalized spacial score (nSPS) is 12.9. The van der Waals surface area contributed by atoms with Crippen LogP contribution in [0.4, 0.5) is 0 Å². The lowest BCUT2D eigenvalue weighted by atomic mass is 10.5. The minimum Gasteiger partial charge on any atom is -0.426 e. The lowest BCUT2D eigenvalue weighted by molar-refractivity contribution is 0.267. The van der Waals surface area contributed by atoms with Crippen LogP contribution in [-0.4, -0.2) is 43.8 Å². The molecule has 0 aliphatic heterocycles. The molecule has 100 valence electrons. The Hall–Kier alpha value is 0.571. The predicted octanol–water partition coefficient (Wildman–Crippen LogP) is 2.67. The second-order valence-corrected chi connectivity index (χ2v) is 17.1. The third-order valence-electron chi connectivity index (χ3n) is 2.41. The summed E-state index contributed by atoms with van der Waals surface area (Å²) in [5.41, 5.74) is 0. The van der Waals surface area contributed by atoms with Crippen LogP contribution >= 0.6 is 0 Å². The molecule has 2 nitrogen and oxygen atoms in total. The molecule has 0 amide bonds. The lowest BCUT2D eigenvalue weighted by Gasteiger charge is -2.42. The molecule has 0 atom stereocenters. The smallest absolute Gasteiger partial charge is 0.146 e. The Morgan fingerprint density at radius 3 is 1.25 bits per heavy atom. The second-order valence-electron chi connectivity index (χ2n) is 6.37. The highest BCUT2D eigenvalue weighted by molar-refractivity contribution is 6.89. The summed E-state index contributed by atoms with van der Waals surface area (Å²) in [5.74, 6) is 0. The van der Waals surface area contributed by atoms with Gasteiger partial charge in [-0.2, -0.15) is 0 Å². The molecule has 0 aliphatic carbocycles. The molecule has 0 aromatic rings. The van der Waals surface area contributed by atoms with E-state index in [4.69, 9.17) is 4.43 Å². The molecular weight excluding hydrogens is 246 g/mol. The standard InChI is InChI=1S/C8H23NSi2.C3H10OSi/c1-8-9(10(2,3)4)11(5,6)7;1-3(2)4-5/h8H2,1-7H3;3H,1-2,5H3. The molecule has 0 N–H and O–H groups in total. The molecule has 0 fully saturated rings. The van der Waals surface area contributed by atoms with Crippen LogP contribution in [0, 0.1) is 0 Å². The molecule has 0 saturated carbocycles. The molecule has 16 heavy (non-hydrogen) atoms. The summed E-state index contributed by atoms with van der Waals surface area (Å²) >= 11 is 0. The quantitative estimate of drug-likeness (QED) is 0.734. The first-order chi connectivity index (χ1) is 6.96. The fraction of sp³-hybridized carbons (Fsp3) is 1.00. The van der Waals surface area contributed by atoms with Crippen LogP contribution in [0.15, 0.2) is 0 Å². The summed E-state index contributed by atoms with van der Waals surface area (Å²) in [7, 11) is -1.18. The first-order valence-corrected chi connectivity index (χ1v) is 14.0. The maximum atomic E-state index is 4.89. The first-order valence-electron chi connectivity index (χ1n) is 6.27. The second kappa shape index (κ2) is 7.81. The van der Waals surface area contributed by atoms with Gasteiger partial charge in [0.2, 0.25) is 0 Å². The summed E-state index contributed by atoms with van der Waals surface area (Å²) in [4.78, 5) is 0. The zero-order valence-electron chi connectivity index (χ0n) is 13.1. The van der Waals surface area contributed by atoms with Crippen molar-refractivity contribution in [3.8, 4) is 0 Å². The van der Waals surface area contributed by atoms with E-state index in [9.17, 15) is 0 Å². The van der Waals surface area contributed by atoms with Crippen molar-refractivity contribution >= 4 is 27.0 Å². The molecule has 0 aromatic carbocycles. The number of rotatable bonds is 4. The van der Waals surface area contributed by atoms with Gasteiger partial charge in [0.15, 0.2) is 0 Å². The van der Waals surface area contributed by atoms with E-state index in [1.54, 1.807) is 0 Å². The van der Waals surface area contributed by atoms with Gasteiger partial charge < -0.3 is 8.66 Å². The Morgan fingerprint density at radius 1 is 1.00 bits per heavy atom. The van der Waals surface area contributed by atoms with E-state index < -0.39 is 16.5 Å². The van der Waals surface area contributed by atoms with E-state index in [2.05, 4.69) is 50.4 Å². The van der Waals surface area contributed by atoms with E-state index in [1.807, 2.05) is 13.8 Å². The van der Waals surface area contributed by atoms with Crippen molar-refractivity contribution in [2.75, 3.05) is 6.54 Å². The topological polar surface area (TPSA) is 12.5 Å². The van der Waals surface area contributed by atoms with Crippen LogP contribution in [-0.2, 0) is 4.43 Å². The van der Waals surface area contributed by atoms with Gasteiger partial charge in [0, 0.05) is 6.10 Å². The molecule has 0 aromatic heterocycles. The molecule has 5 heteroatoms. The minimum absolute atomic E-state index is 0.446. The van der Waals surface area contributed by atoms with Crippen LogP contribution in [0.25, 0.3) is 0 Å². The maximum Gasteiger partial charge on any atom is 0.146 e. The number of hydrogen-bond donors (Lipinski definition) is 0.